The zero-order valence-corrected chi connectivity index (χ0v) is 11.3. The highest BCUT2D eigenvalue weighted by molar-refractivity contribution is 6.01. The molecule has 0 fully saturated rings. The minimum atomic E-state index is -0.551. The molecule has 0 aromatic heterocycles. The highest BCUT2D eigenvalue weighted by atomic mass is 16.5. The van der Waals surface area contributed by atoms with Gasteiger partial charge in [0.05, 0.1) is 11.8 Å². The third kappa shape index (κ3) is 2.79. The normalized spacial score (nSPS) is 12.3. The fourth-order valence-electron chi connectivity index (χ4n) is 2.30. The van der Waals surface area contributed by atoms with Crippen LogP contribution in [0.1, 0.15) is 37.9 Å². The molecule has 0 aliphatic heterocycles. The Balaban J connectivity index is 2.49. The number of nitroso groups, excluding NO2 is 1. The predicted molar refractivity (Wildman–Crippen MR) is 79.3 cm³/mol. The molecule has 0 heterocycles. The number of unbranched alkanes of at least 4 members (excludes halogenated alkanes) is 1. The Morgan fingerprint density at radius 3 is 2.70 bits per heavy atom. The maximum absolute atomic E-state index is 10.9. The summed E-state index contributed by atoms with van der Waals surface area (Å²) in [7, 11) is 0. The van der Waals surface area contributed by atoms with Crippen molar-refractivity contribution in [2.75, 3.05) is 5.48 Å². The molecule has 0 saturated carbocycles. The molecule has 2 aromatic rings. The van der Waals surface area contributed by atoms with Crippen molar-refractivity contribution in [2.45, 2.75) is 32.3 Å². The quantitative estimate of drug-likeness (QED) is 0.543. The molecule has 20 heavy (non-hydrogen) atoms. The van der Waals surface area contributed by atoms with Crippen molar-refractivity contribution in [3.8, 4) is 0 Å². The zero-order chi connectivity index (χ0) is 14.5. The van der Waals surface area contributed by atoms with Gasteiger partial charge >= 0.3 is 0 Å². The van der Waals surface area contributed by atoms with Gasteiger partial charge in [0, 0.05) is 10.8 Å². The second-order valence-corrected chi connectivity index (χ2v) is 4.80. The van der Waals surface area contributed by atoms with Gasteiger partial charge in [-0.05, 0) is 35.4 Å². The van der Waals surface area contributed by atoms with Gasteiger partial charge in [-0.15, -0.1) is 4.91 Å². The molecule has 5 heteroatoms. The first-order valence-electron chi connectivity index (χ1n) is 6.69. The van der Waals surface area contributed by atoms with Crippen molar-refractivity contribution in [3.05, 3.63) is 40.8 Å². The van der Waals surface area contributed by atoms with E-state index in [-0.39, 0.29) is 0 Å². The number of aliphatic hydroxyl groups is 1. The van der Waals surface area contributed by atoms with Crippen molar-refractivity contribution >= 4 is 22.1 Å². The highest BCUT2D eigenvalue weighted by Crippen LogP contribution is 2.34. The topological polar surface area (TPSA) is 81.9 Å². The summed E-state index contributed by atoms with van der Waals surface area (Å²) in [5.74, 6) is 0. The molecule has 0 amide bonds. The Bertz CT molecular complexity index is 613. The van der Waals surface area contributed by atoms with Gasteiger partial charge in [0.25, 0.3) is 0 Å². The Morgan fingerprint density at radius 2 is 2.05 bits per heavy atom. The summed E-state index contributed by atoms with van der Waals surface area (Å²) in [4.78, 5) is 10.9. The lowest BCUT2D eigenvalue weighted by Crippen LogP contribution is -1.98. The van der Waals surface area contributed by atoms with Crippen LogP contribution in [0.2, 0.25) is 0 Å². The Morgan fingerprint density at radius 1 is 1.25 bits per heavy atom. The SMILES string of the molecule is CCCCC(O)c1ccc2c(NO)ccc(N=O)c2c1. The molecule has 2 rings (SSSR count). The minimum Gasteiger partial charge on any atom is -0.388 e. The van der Waals surface area contributed by atoms with E-state index in [0.717, 1.165) is 18.4 Å². The summed E-state index contributed by atoms with van der Waals surface area (Å²) in [6, 6.07) is 8.46. The molecule has 0 radical (unpaired) electrons. The first kappa shape index (κ1) is 14.4. The zero-order valence-electron chi connectivity index (χ0n) is 11.3. The Hall–Kier alpha value is -1.98. The number of nitrogens with one attached hydrogen (secondary N) is 1. The van der Waals surface area contributed by atoms with E-state index in [0.29, 0.717) is 28.6 Å². The highest BCUT2D eigenvalue weighted by Gasteiger charge is 2.11. The van der Waals surface area contributed by atoms with Gasteiger partial charge in [-0.3, -0.25) is 10.7 Å². The Labute approximate surface area is 117 Å². The number of fused-ring (bicyclic) bond motifs is 1. The summed E-state index contributed by atoms with van der Waals surface area (Å²) in [6.45, 7) is 2.07. The summed E-state index contributed by atoms with van der Waals surface area (Å²) in [5, 5.41) is 23.5. The average Bonchev–Trinajstić information content (AvgIpc) is 2.50. The summed E-state index contributed by atoms with van der Waals surface area (Å²) >= 11 is 0. The maximum atomic E-state index is 10.9. The second-order valence-electron chi connectivity index (χ2n) is 4.80. The van der Waals surface area contributed by atoms with Crippen LogP contribution in [0.5, 0.6) is 0 Å². The van der Waals surface area contributed by atoms with Crippen molar-refractivity contribution in [3.63, 3.8) is 0 Å². The molecule has 3 N–H and O–H groups in total. The lowest BCUT2D eigenvalue weighted by atomic mass is 9.98. The number of hydrogen-bond donors (Lipinski definition) is 3. The van der Waals surface area contributed by atoms with Crippen LogP contribution < -0.4 is 5.48 Å². The molecule has 0 bridgehead atoms. The summed E-state index contributed by atoms with van der Waals surface area (Å²) in [6.07, 6.45) is 2.09. The van der Waals surface area contributed by atoms with Crippen molar-refractivity contribution < 1.29 is 10.3 Å². The van der Waals surface area contributed by atoms with E-state index in [1.165, 1.54) is 6.07 Å². The van der Waals surface area contributed by atoms with E-state index < -0.39 is 6.10 Å². The van der Waals surface area contributed by atoms with Crippen LogP contribution in [0.15, 0.2) is 35.5 Å². The maximum Gasteiger partial charge on any atom is 0.115 e. The van der Waals surface area contributed by atoms with Crippen molar-refractivity contribution in [1.82, 2.24) is 0 Å². The molecule has 0 spiro atoms. The molecule has 5 nitrogen and oxygen atoms in total. The van der Waals surface area contributed by atoms with Gasteiger partial charge in [0.2, 0.25) is 0 Å². The number of anilines is 1. The first-order chi connectivity index (χ1) is 9.71. The van der Waals surface area contributed by atoms with Crippen LogP contribution in [0.3, 0.4) is 0 Å². The lowest BCUT2D eigenvalue weighted by Gasteiger charge is -2.13. The van der Waals surface area contributed by atoms with Gasteiger partial charge in [-0.2, -0.15) is 0 Å². The molecule has 2 aromatic carbocycles. The molecule has 0 saturated heterocycles. The molecule has 1 atom stereocenters. The van der Waals surface area contributed by atoms with Crippen LogP contribution in [0.25, 0.3) is 10.8 Å². The van der Waals surface area contributed by atoms with E-state index in [4.69, 9.17) is 5.21 Å². The summed E-state index contributed by atoms with van der Waals surface area (Å²) in [5.41, 5.74) is 3.65. The number of aliphatic hydroxyl groups excluding tert-OH is 1. The Kier molecular flexibility index (Phi) is 4.65. The van der Waals surface area contributed by atoms with Crippen LogP contribution in [0, 0.1) is 4.91 Å². The van der Waals surface area contributed by atoms with Gasteiger partial charge in [0.15, 0.2) is 0 Å². The third-order valence-electron chi connectivity index (χ3n) is 3.45. The summed E-state index contributed by atoms with van der Waals surface area (Å²) < 4.78 is 0. The third-order valence-corrected chi connectivity index (χ3v) is 3.45. The smallest absolute Gasteiger partial charge is 0.115 e. The first-order valence-corrected chi connectivity index (χ1v) is 6.69. The van der Waals surface area contributed by atoms with Gasteiger partial charge in [-0.1, -0.05) is 31.9 Å². The number of rotatable bonds is 6. The molecule has 1 unspecified atom stereocenters. The molecule has 0 aliphatic rings. The number of nitrogens with zero attached hydrogens (tertiary/aromatic N) is 1. The molecular weight excluding hydrogens is 256 g/mol. The van der Waals surface area contributed by atoms with E-state index >= 15 is 0 Å². The van der Waals surface area contributed by atoms with E-state index in [1.54, 1.807) is 24.3 Å². The van der Waals surface area contributed by atoms with Gasteiger partial charge in [0.1, 0.15) is 5.69 Å². The molecule has 0 aliphatic carbocycles. The lowest BCUT2D eigenvalue weighted by molar-refractivity contribution is 0.164. The van der Waals surface area contributed by atoms with Crippen LogP contribution in [-0.4, -0.2) is 10.3 Å². The standard InChI is InChI=1S/C15H18N2O3/c1-2-3-4-15(18)10-5-6-11-12(9-10)14(17-20)8-7-13(11)16-19/h5-9,15-16,18-19H,2-4H2,1H3. The second kappa shape index (κ2) is 6.45. The molecular formula is C15H18N2O3. The monoisotopic (exact) mass is 274 g/mol. The van der Waals surface area contributed by atoms with Crippen molar-refractivity contribution in [2.24, 2.45) is 5.18 Å². The van der Waals surface area contributed by atoms with Gasteiger partial charge < -0.3 is 5.11 Å². The van der Waals surface area contributed by atoms with Crippen molar-refractivity contribution in [1.29, 1.82) is 0 Å². The number of benzene rings is 2. The van der Waals surface area contributed by atoms with E-state index in [9.17, 15) is 10.0 Å². The van der Waals surface area contributed by atoms with E-state index in [2.05, 4.69) is 17.6 Å². The number of hydrogen-bond acceptors (Lipinski definition) is 5. The largest absolute Gasteiger partial charge is 0.388 e. The van der Waals surface area contributed by atoms with E-state index in [1.807, 2.05) is 0 Å². The fraction of sp³-hybridized carbons (Fsp3) is 0.333. The minimum absolute atomic E-state index is 0.295. The van der Waals surface area contributed by atoms with Crippen LogP contribution >= 0.6 is 0 Å². The molecule has 106 valence electrons. The fourth-order valence-corrected chi connectivity index (χ4v) is 2.30. The van der Waals surface area contributed by atoms with Crippen LogP contribution in [0.4, 0.5) is 11.4 Å². The predicted octanol–water partition coefficient (Wildman–Crippen LogP) is 4.26. The van der Waals surface area contributed by atoms with Gasteiger partial charge in [-0.25, -0.2) is 0 Å². The van der Waals surface area contributed by atoms with Crippen LogP contribution in [-0.2, 0) is 0 Å². The average molecular weight is 274 g/mol.